The van der Waals surface area contributed by atoms with Crippen LogP contribution < -0.4 is 11.1 Å². The lowest BCUT2D eigenvalue weighted by Crippen LogP contribution is -2.60. The van der Waals surface area contributed by atoms with Crippen LogP contribution in [-0.2, 0) is 15.1 Å². The lowest BCUT2D eigenvalue weighted by Gasteiger charge is -2.41. The molecule has 1 heterocycles. The fraction of sp³-hybridized carbons (Fsp3) is 0.500. The van der Waals surface area contributed by atoms with Gasteiger partial charge in [-0.2, -0.15) is 0 Å². The fourth-order valence-corrected chi connectivity index (χ4v) is 2.75. The summed E-state index contributed by atoms with van der Waals surface area (Å²) in [4.78, 5) is 16.1. The first-order valence-corrected chi connectivity index (χ1v) is 8.30. The predicted molar refractivity (Wildman–Crippen MR) is 90.7 cm³/mol. The van der Waals surface area contributed by atoms with E-state index in [1.54, 1.807) is 20.8 Å². The number of hydrogen-bond donors (Lipinski definition) is 2. The van der Waals surface area contributed by atoms with E-state index in [0.29, 0.717) is 4.47 Å². The zero-order valence-electron chi connectivity index (χ0n) is 13.9. The van der Waals surface area contributed by atoms with E-state index >= 15 is 0 Å². The third-order valence-corrected chi connectivity index (χ3v) is 4.22. The number of rotatable bonds is 3. The van der Waals surface area contributed by atoms with Crippen molar-refractivity contribution < 1.29 is 22.7 Å². The molecule has 5 nitrogen and oxygen atoms in total. The summed E-state index contributed by atoms with van der Waals surface area (Å²) >= 11 is 3.13. The van der Waals surface area contributed by atoms with Crippen molar-refractivity contribution in [2.45, 2.75) is 39.0 Å². The van der Waals surface area contributed by atoms with Gasteiger partial charge in [0.25, 0.3) is 6.43 Å². The molecule has 0 saturated carbocycles. The van der Waals surface area contributed by atoms with Gasteiger partial charge in [0, 0.05) is 10.0 Å². The number of hydrogen-bond acceptors (Lipinski definition) is 5. The van der Waals surface area contributed by atoms with Crippen LogP contribution in [0.15, 0.2) is 27.7 Å². The van der Waals surface area contributed by atoms with E-state index in [1.807, 2.05) is 0 Å². The second-order valence-corrected chi connectivity index (χ2v) is 7.69. The summed E-state index contributed by atoms with van der Waals surface area (Å²) in [6, 6.07) is 3.59. The van der Waals surface area contributed by atoms with Crippen LogP contribution in [0.25, 0.3) is 0 Å². The smallest absolute Gasteiger partial charge is 0.312 e. The molecule has 1 aliphatic heterocycles. The number of amidine groups is 1. The van der Waals surface area contributed by atoms with Gasteiger partial charge in [0.05, 0.1) is 12.0 Å². The number of benzene rings is 1. The van der Waals surface area contributed by atoms with Gasteiger partial charge in [0.2, 0.25) is 5.54 Å². The maximum atomic E-state index is 14.4. The Morgan fingerprint density at radius 3 is 2.68 bits per heavy atom. The van der Waals surface area contributed by atoms with Crippen LogP contribution in [0.1, 0.15) is 26.3 Å². The molecule has 0 bridgehead atoms. The third-order valence-electron chi connectivity index (χ3n) is 3.73. The maximum absolute atomic E-state index is 14.4. The Hall–Kier alpha value is -1.61. The Balaban J connectivity index is 2.62. The number of ether oxygens (including phenoxy) is 1. The number of nitrogens with one attached hydrogen (secondary N) is 1. The first-order valence-electron chi connectivity index (χ1n) is 7.51. The summed E-state index contributed by atoms with van der Waals surface area (Å²) in [5, 5.41) is 2.63. The fourth-order valence-electron chi connectivity index (χ4n) is 2.39. The molecule has 25 heavy (non-hydrogen) atoms. The van der Waals surface area contributed by atoms with Crippen molar-refractivity contribution in [3.8, 4) is 0 Å². The van der Waals surface area contributed by atoms with Crippen LogP contribution in [0.4, 0.5) is 13.2 Å². The average Bonchev–Trinajstić information content (AvgIpc) is 2.50. The summed E-state index contributed by atoms with van der Waals surface area (Å²) in [6.45, 7) is 4.69. The molecular formula is C16H19BrF3N3O2. The molecule has 138 valence electrons. The number of esters is 1. The van der Waals surface area contributed by atoms with Gasteiger partial charge in [-0.05, 0) is 39.0 Å². The molecule has 1 aromatic carbocycles. The van der Waals surface area contributed by atoms with Crippen LogP contribution in [0, 0.1) is 11.2 Å². The molecule has 0 aromatic heterocycles. The molecule has 0 aliphatic carbocycles. The van der Waals surface area contributed by atoms with Crippen molar-refractivity contribution in [1.82, 2.24) is 5.32 Å². The summed E-state index contributed by atoms with van der Waals surface area (Å²) in [5.41, 5.74) is 1.79. The summed E-state index contributed by atoms with van der Waals surface area (Å²) in [7, 11) is 0. The van der Waals surface area contributed by atoms with Gasteiger partial charge in [-0.25, -0.2) is 18.2 Å². The number of alkyl halides is 2. The Kier molecular flexibility index (Phi) is 5.48. The van der Waals surface area contributed by atoms with Gasteiger partial charge in [0.15, 0.2) is 6.23 Å². The average molecular weight is 422 g/mol. The number of carbonyl (C=O) groups is 1. The van der Waals surface area contributed by atoms with Crippen LogP contribution in [-0.4, -0.2) is 31.0 Å². The third kappa shape index (κ3) is 3.82. The summed E-state index contributed by atoms with van der Waals surface area (Å²) in [5.74, 6) is -1.76. The molecule has 3 N–H and O–H groups in total. The molecular weight excluding hydrogens is 403 g/mol. The summed E-state index contributed by atoms with van der Waals surface area (Å²) in [6.07, 6.45) is -4.75. The zero-order chi connectivity index (χ0) is 19.0. The monoisotopic (exact) mass is 421 g/mol. The zero-order valence-corrected chi connectivity index (χ0v) is 15.5. The van der Waals surface area contributed by atoms with Crippen molar-refractivity contribution in [1.29, 1.82) is 0 Å². The number of carbonyl (C=O) groups excluding carboxylic acids is 1. The van der Waals surface area contributed by atoms with E-state index in [2.05, 4.69) is 26.2 Å². The molecule has 0 radical (unpaired) electrons. The number of nitrogens with zero attached hydrogens (tertiary/aromatic N) is 1. The van der Waals surface area contributed by atoms with E-state index in [4.69, 9.17) is 10.5 Å². The first-order chi connectivity index (χ1) is 11.5. The van der Waals surface area contributed by atoms with Crippen molar-refractivity contribution >= 4 is 27.7 Å². The van der Waals surface area contributed by atoms with Crippen LogP contribution >= 0.6 is 15.9 Å². The predicted octanol–water partition coefficient (Wildman–Crippen LogP) is 2.92. The number of nitrogens with two attached hydrogens (primary N) is 1. The van der Waals surface area contributed by atoms with Crippen molar-refractivity contribution in [2.75, 3.05) is 6.54 Å². The van der Waals surface area contributed by atoms with Gasteiger partial charge in [-0.1, -0.05) is 15.9 Å². The highest BCUT2D eigenvalue weighted by Crippen LogP contribution is 2.41. The maximum Gasteiger partial charge on any atom is 0.312 e. The highest BCUT2D eigenvalue weighted by molar-refractivity contribution is 9.10. The van der Waals surface area contributed by atoms with Crippen molar-refractivity contribution in [3.05, 3.63) is 34.1 Å². The normalized spacial score (nSPS) is 24.2. The van der Waals surface area contributed by atoms with Crippen LogP contribution in [0.3, 0.4) is 0 Å². The second-order valence-electron chi connectivity index (χ2n) is 6.77. The van der Waals surface area contributed by atoms with E-state index in [0.717, 1.165) is 6.07 Å². The molecule has 2 rings (SSSR count). The van der Waals surface area contributed by atoms with E-state index in [-0.39, 0.29) is 12.4 Å². The Morgan fingerprint density at radius 2 is 2.12 bits per heavy atom. The molecule has 1 aromatic rings. The lowest BCUT2D eigenvalue weighted by molar-refractivity contribution is -0.170. The highest BCUT2D eigenvalue weighted by Gasteiger charge is 2.55. The topological polar surface area (TPSA) is 76.7 Å². The molecule has 2 unspecified atom stereocenters. The molecule has 2 atom stereocenters. The second kappa shape index (κ2) is 6.95. The molecule has 0 amide bonds. The lowest BCUT2D eigenvalue weighted by atomic mass is 9.86. The minimum absolute atomic E-state index is 0.0633. The highest BCUT2D eigenvalue weighted by atomic mass is 79.9. The Morgan fingerprint density at radius 1 is 1.48 bits per heavy atom. The molecule has 1 aliphatic rings. The van der Waals surface area contributed by atoms with Gasteiger partial charge < -0.3 is 10.5 Å². The molecule has 0 spiro atoms. The molecule has 9 heteroatoms. The van der Waals surface area contributed by atoms with E-state index < -0.39 is 41.0 Å². The number of halogens is 4. The minimum atomic E-state index is -3.18. The quantitative estimate of drug-likeness (QED) is 0.735. The Bertz CT molecular complexity index is 706. The van der Waals surface area contributed by atoms with Crippen LogP contribution in [0.2, 0.25) is 0 Å². The van der Waals surface area contributed by atoms with E-state index in [9.17, 15) is 18.0 Å². The minimum Gasteiger partial charge on any atom is -0.443 e. The standard InChI is InChI=1S/C16H19BrF3N3O2/c1-15(2,3)14(24)25-13-16(12(19)20,23-11(21)7-22-13)9-6-8(17)4-5-10(9)18/h4-6,12-13,22H,7H2,1-3H3,(H2,21,23). The van der Waals surface area contributed by atoms with Gasteiger partial charge >= 0.3 is 5.97 Å². The number of aliphatic imine (C=N–C) groups is 1. The Labute approximate surface area is 151 Å². The molecule has 0 saturated heterocycles. The SMILES string of the molecule is CC(C)(C)C(=O)OC1NCC(N)=NC1(c1cc(Br)ccc1F)C(F)F. The van der Waals surface area contributed by atoms with Crippen molar-refractivity contribution in [3.63, 3.8) is 0 Å². The van der Waals surface area contributed by atoms with E-state index in [1.165, 1.54) is 12.1 Å². The largest absolute Gasteiger partial charge is 0.443 e. The van der Waals surface area contributed by atoms with Crippen molar-refractivity contribution in [2.24, 2.45) is 16.1 Å². The summed E-state index contributed by atoms with van der Waals surface area (Å²) < 4.78 is 48.4. The first kappa shape index (κ1) is 19.7. The van der Waals surface area contributed by atoms with Crippen LogP contribution in [0.5, 0.6) is 0 Å². The van der Waals surface area contributed by atoms with Gasteiger partial charge in [0.1, 0.15) is 11.7 Å². The molecule has 0 fully saturated rings. The van der Waals surface area contributed by atoms with Gasteiger partial charge in [-0.15, -0.1) is 0 Å². The van der Waals surface area contributed by atoms with Gasteiger partial charge in [-0.3, -0.25) is 10.1 Å².